The standard InChI is InChI=1S/C13H7BrN2O3/c14-7-1-3-9-10-4-2-8(16(18)19)6-12(10)13(15-17)11(9)5-7/h1-6,17H. The summed E-state index contributed by atoms with van der Waals surface area (Å²) in [6.07, 6.45) is 0. The molecule has 0 spiro atoms. The Hall–Kier alpha value is -2.21. The lowest BCUT2D eigenvalue weighted by Crippen LogP contribution is -1.99. The van der Waals surface area contributed by atoms with Crippen molar-refractivity contribution < 1.29 is 10.1 Å². The number of non-ortho nitro benzene ring substituents is 1. The summed E-state index contributed by atoms with van der Waals surface area (Å²) >= 11 is 3.36. The second-order valence-corrected chi connectivity index (χ2v) is 5.04. The van der Waals surface area contributed by atoms with Crippen molar-refractivity contribution in [2.45, 2.75) is 0 Å². The SMILES string of the molecule is O=[N+]([O-])c1ccc2c(c1)C(=NO)c1cc(Br)ccc1-2. The summed E-state index contributed by atoms with van der Waals surface area (Å²) in [4.78, 5) is 10.4. The number of nitro groups is 1. The number of nitro benzene ring substituents is 1. The van der Waals surface area contributed by atoms with E-state index < -0.39 is 4.92 Å². The van der Waals surface area contributed by atoms with Crippen LogP contribution in [0, 0.1) is 10.1 Å². The van der Waals surface area contributed by atoms with Crippen LogP contribution in [0.4, 0.5) is 5.69 Å². The van der Waals surface area contributed by atoms with Gasteiger partial charge in [0.25, 0.3) is 5.69 Å². The number of benzene rings is 2. The van der Waals surface area contributed by atoms with Gasteiger partial charge in [-0.2, -0.15) is 0 Å². The zero-order chi connectivity index (χ0) is 13.6. The molecule has 1 N–H and O–H groups in total. The Morgan fingerprint density at radius 3 is 2.32 bits per heavy atom. The number of oxime groups is 1. The summed E-state index contributed by atoms with van der Waals surface area (Å²) in [7, 11) is 0. The first kappa shape index (κ1) is 11.9. The summed E-state index contributed by atoms with van der Waals surface area (Å²) in [6, 6.07) is 10.2. The van der Waals surface area contributed by atoms with Crippen LogP contribution in [0.2, 0.25) is 0 Å². The van der Waals surface area contributed by atoms with Gasteiger partial charge in [0, 0.05) is 27.7 Å². The van der Waals surface area contributed by atoms with Crippen molar-refractivity contribution in [3.8, 4) is 11.1 Å². The van der Waals surface area contributed by atoms with Crippen molar-refractivity contribution in [2.75, 3.05) is 0 Å². The first-order chi connectivity index (χ1) is 9.11. The molecule has 5 nitrogen and oxygen atoms in total. The highest BCUT2D eigenvalue weighted by atomic mass is 79.9. The Labute approximate surface area is 116 Å². The summed E-state index contributed by atoms with van der Waals surface area (Å²) in [6.45, 7) is 0. The van der Waals surface area contributed by atoms with Crippen LogP contribution in [0.1, 0.15) is 11.1 Å². The molecule has 2 aromatic rings. The van der Waals surface area contributed by atoms with Crippen LogP contribution in [0.25, 0.3) is 11.1 Å². The van der Waals surface area contributed by atoms with E-state index >= 15 is 0 Å². The van der Waals surface area contributed by atoms with E-state index in [-0.39, 0.29) is 5.69 Å². The maximum Gasteiger partial charge on any atom is 0.270 e. The fourth-order valence-corrected chi connectivity index (χ4v) is 2.64. The molecule has 0 radical (unpaired) electrons. The number of hydrogen-bond acceptors (Lipinski definition) is 4. The van der Waals surface area contributed by atoms with Crippen LogP contribution >= 0.6 is 15.9 Å². The molecule has 0 saturated heterocycles. The van der Waals surface area contributed by atoms with Gasteiger partial charge in [-0.25, -0.2) is 0 Å². The lowest BCUT2D eigenvalue weighted by Gasteiger charge is -1.99. The molecule has 2 aromatic carbocycles. The average molecular weight is 319 g/mol. The molecule has 0 heterocycles. The maximum absolute atomic E-state index is 10.8. The topological polar surface area (TPSA) is 75.7 Å². The van der Waals surface area contributed by atoms with E-state index in [4.69, 9.17) is 0 Å². The third kappa shape index (κ3) is 1.72. The summed E-state index contributed by atoms with van der Waals surface area (Å²) < 4.78 is 0.856. The Balaban J connectivity index is 2.30. The molecule has 0 bridgehead atoms. The van der Waals surface area contributed by atoms with Crippen LogP contribution in [0.3, 0.4) is 0 Å². The molecular weight excluding hydrogens is 312 g/mol. The number of hydrogen-bond donors (Lipinski definition) is 1. The number of rotatable bonds is 1. The Bertz CT molecular complexity index is 741. The first-order valence-electron chi connectivity index (χ1n) is 5.43. The van der Waals surface area contributed by atoms with Gasteiger partial charge >= 0.3 is 0 Å². The highest BCUT2D eigenvalue weighted by Gasteiger charge is 2.27. The Kier molecular flexibility index (Phi) is 2.60. The molecule has 0 saturated carbocycles. The fraction of sp³-hybridized carbons (Fsp3) is 0. The molecule has 0 fully saturated rings. The third-order valence-corrected chi connectivity index (χ3v) is 3.59. The molecular formula is C13H7BrN2O3. The molecule has 19 heavy (non-hydrogen) atoms. The van der Waals surface area contributed by atoms with E-state index in [1.54, 1.807) is 6.07 Å². The van der Waals surface area contributed by atoms with Gasteiger partial charge in [0.15, 0.2) is 0 Å². The maximum atomic E-state index is 10.8. The van der Waals surface area contributed by atoms with Crippen molar-refractivity contribution in [3.63, 3.8) is 0 Å². The van der Waals surface area contributed by atoms with Crippen molar-refractivity contribution in [1.82, 2.24) is 0 Å². The molecule has 6 heteroatoms. The minimum Gasteiger partial charge on any atom is -0.410 e. The van der Waals surface area contributed by atoms with E-state index in [0.717, 1.165) is 21.2 Å². The van der Waals surface area contributed by atoms with E-state index in [9.17, 15) is 15.3 Å². The van der Waals surface area contributed by atoms with Crippen molar-refractivity contribution in [3.05, 3.63) is 62.1 Å². The molecule has 0 aromatic heterocycles. The van der Waals surface area contributed by atoms with Gasteiger partial charge in [0.1, 0.15) is 5.71 Å². The van der Waals surface area contributed by atoms with Gasteiger partial charge in [-0.05, 0) is 29.3 Å². The second-order valence-electron chi connectivity index (χ2n) is 4.13. The van der Waals surface area contributed by atoms with Gasteiger partial charge in [0.2, 0.25) is 0 Å². The molecule has 1 aliphatic carbocycles. The Morgan fingerprint density at radius 2 is 1.68 bits per heavy atom. The quantitative estimate of drug-likeness (QED) is 0.423. The van der Waals surface area contributed by atoms with E-state index in [1.165, 1.54) is 12.1 Å². The number of fused-ring (bicyclic) bond motifs is 3. The van der Waals surface area contributed by atoms with Gasteiger partial charge in [-0.3, -0.25) is 10.1 Å². The second kappa shape index (κ2) is 4.17. The number of nitrogens with zero attached hydrogens (tertiary/aromatic N) is 2. The molecule has 0 aliphatic heterocycles. The zero-order valence-electron chi connectivity index (χ0n) is 9.50. The normalized spacial score (nSPS) is 14.3. The molecule has 94 valence electrons. The first-order valence-corrected chi connectivity index (χ1v) is 6.22. The summed E-state index contributed by atoms with van der Waals surface area (Å²) in [5.41, 5.74) is 3.40. The summed E-state index contributed by atoms with van der Waals surface area (Å²) in [5.74, 6) is 0. The monoisotopic (exact) mass is 318 g/mol. The van der Waals surface area contributed by atoms with Gasteiger partial charge in [-0.1, -0.05) is 27.2 Å². The predicted octanol–water partition coefficient (Wildman–Crippen LogP) is 3.56. The molecule has 1 aliphatic rings. The van der Waals surface area contributed by atoms with Crippen molar-refractivity contribution in [2.24, 2.45) is 5.16 Å². The van der Waals surface area contributed by atoms with Gasteiger partial charge in [-0.15, -0.1) is 0 Å². The van der Waals surface area contributed by atoms with Crippen LogP contribution in [0.15, 0.2) is 46.0 Å². The highest BCUT2D eigenvalue weighted by molar-refractivity contribution is 9.10. The van der Waals surface area contributed by atoms with Gasteiger partial charge in [0.05, 0.1) is 4.92 Å². The van der Waals surface area contributed by atoms with Crippen LogP contribution in [-0.4, -0.2) is 15.8 Å². The molecule has 0 unspecified atom stereocenters. The molecule has 3 rings (SSSR count). The lowest BCUT2D eigenvalue weighted by molar-refractivity contribution is -0.384. The minimum atomic E-state index is -0.464. The van der Waals surface area contributed by atoms with Crippen LogP contribution < -0.4 is 0 Å². The third-order valence-electron chi connectivity index (χ3n) is 3.10. The molecule has 0 atom stereocenters. The zero-order valence-corrected chi connectivity index (χ0v) is 11.1. The molecule has 0 amide bonds. The Morgan fingerprint density at radius 1 is 1.05 bits per heavy atom. The number of halogens is 1. The smallest absolute Gasteiger partial charge is 0.270 e. The average Bonchev–Trinajstić information content (AvgIpc) is 2.70. The highest BCUT2D eigenvalue weighted by Crippen LogP contribution is 2.39. The van der Waals surface area contributed by atoms with Crippen LogP contribution in [0.5, 0.6) is 0 Å². The largest absolute Gasteiger partial charge is 0.410 e. The fourth-order valence-electron chi connectivity index (χ4n) is 2.28. The van der Waals surface area contributed by atoms with Crippen molar-refractivity contribution >= 4 is 27.3 Å². The van der Waals surface area contributed by atoms with E-state index in [1.807, 2.05) is 18.2 Å². The van der Waals surface area contributed by atoms with Gasteiger partial charge < -0.3 is 5.21 Å². The van der Waals surface area contributed by atoms with E-state index in [2.05, 4.69) is 21.1 Å². The van der Waals surface area contributed by atoms with Crippen LogP contribution in [-0.2, 0) is 0 Å². The lowest BCUT2D eigenvalue weighted by atomic mass is 10.1. The minimum absolute atomic E-state index is 0.0215. The summed E-state index contributed by atoms with van der Waals surface area (Å²) in [5, 5.41) is 23.3. The predicted molar refractivity (Wildman–Crippen MR) is 73.7 cm³/mol. The van der Waals surface area contributed by atoms with Crippen molar-refractivity contribution in [1.29, 1.82) is 0 Å². The van der Waals surface area contributed by atoms with E-state index in [0.29, 0.717) is 11.3 Å².